The first-order valence-electron chi connectivity index (χ1n) is 5.88. The van der Waals surface area contributed by atoms with Crippen LogP contribution in [0.2, 0.25) is 0 Å². The van der Waals surface area contributed by atoms with E-state index < -0.39 is 0 Å². The van der Waals surface area contributed by atoms with Crippen molar-refractivity contribution in [3.05, 3.63) is 0 Å². The minimum Gasteiger partial charge on any atom is -0.393 e. The molecule has 0 amide bonds. The lowest BCUT2D eigenvalue weighted by Crippen LogP contribution is -2.11. The van der Waals surface area contributed by atoms with Crippen molar-refractivity contribution in [1.82, 2.24) is 0 Å². The highest BCUT2D eigenvalue weighted by Crippen LogP contribution is 2.16. The Kier molecular flexibility index (Phi) is 8.53. The zero-order valence-corrected chi connectivity index (χ0v) is 9.55. The molecular formula is C12H26O. The van der Waals surface area contributed by atoms with Gasteiger partial charge in [0.25, 0.3) is 0 Å². The normalized spacial score (nSPS) is 15.7. The molecule has 0 fully saturated rings. The van der Waals surface area contributed by atoms with Crippen LogP contribution in [0.1, 0.15) is 65.7 Å². The third-order valence-corrected chi connectivity index (χ3v) is 2.62. The van der Waals surface area contributed by atoms with E-state index in [-0.39, 0.29) is 6.10 Å². The molecule has 13 heavy (non-hydrogen) atoms. The number of hydrogen-bond donors (Lipinski definition) is 1. The van der Waals surface area contributed by atoms with E-state index in [1.807, 2.05) is 0 Å². The summed E-state index contributed by atoms with van der Waals surface area (Å²) in [6, 6.07) is 0. The lowest BCUT2D eigenvalue weighted by molar-refractivity contribution is 0.131. The van der Waals surface area contributed by atoms with Crippen molar-refractivity contribution in [2.45, 2.75) is 71.8 Å². The van der Waals surface area contributed by atoms with E-state index in [2.05, 4.69) is 20.8 Å². The van der Waals surface area contributed by atoms with E-state index in [0.29, 0.717) is 5.92 Å². The summed E-state index contributed by atoms with van der Waals surface area (Å²) in [7, 11) is 0. The zero-order chi connectivity index (χ0) is 10.1. The van der Waals surface area contributed by atoms with Crippen molar-refractivity contribution in [2.75, 3.05) is 0 Å². The Labute approximate surface area is 83.5 Å². The predicted octanol–water partition coefficient (Wildman–Crippen LogP) is 3.75. The first kappa shape index (κ1) is 13.0. The molecule has 0 heterocycles. The molecule has 0 aliphatic heterocycles. The standard InChI is InChI=1S/C12H26O/c1-4-6-8-11(3)10-12(13)9-7-5-2/h11-13H,4-10H2,1-3H3/t11-,12+/m0/s1. The Hall–Kier alpha value is -0.0400. The van der Waals surface area contributed by atoms with Gasteiger partial charge in [-0.2, -0.15) is 0 Å². The van der Waals surface area contributed by atoms with Gasteiger partial charge in [0.1, 0.15) is 0 Å². The predicted molar refractivity (Wildman–Crippen MR) is 58.8 cm³/mol. The Morgan fingerprint density at radius 1 is 1.00 bits per heavy atom. The molecule has 0 aliphatic carbocycles. The van der Waals surface area contributed by atoms with Gasteiger partial charge in [-0.15, -0.1) is 0 Å². The van der Waals surface area contributed by atoms with Crippen molar-refractivity contribution in [1.29, 1.82) is 0 Å². The SMILES string of the molecule is CCCC[C@H](C)C[C@H](O)CCCC. The van der Waals surface area contributed by atoms with E-state index in [9.17, 15) is 5.11 Å². The molecule has 0 unspecified atom stereocenters. The summed E-state index contributed by atoms with van der Waals surface area (Å²) >= 11 is 0. The summed E-state index contributed by atoms with van der Waals surface area (Å²) in [5, 5.41) is 9.65. The van der Waals surface area contributed by atoms with Gasteiger partial charge in [-0.3, -0.25) is 0 Å². The van der Waals surface area contributed by atoms with Crippen LogP contribution in [0.4, 0.5) is 0 Å². The highest BCUT2D eigenvalue weighted by atomic mass is 16.3. The Morgan fingerprint density at radius 3 is 2.08 bits per heavy atom. The second-order valence-electron chi connectivity index (χ2n) is 4.28. The third-order valence-electron chi connectivity index (χ3n) is 2.62. The van der Waals surface area contributed by atoms with Crippen LogP contribution in [0.3, 0.4) is 0 Å². The van der Waals surface area contributed by atoms with Crippen molar-refractivity contribution in [2.24, 2.45) is 5.92 Å². The molecule has 0 spiro atoms. The van der Waals surface area contributed by atoms with Gasteiger partial charge < -0.3 is 5.11 Å². The largest absolute Gasteiger partial charge is 0.393 e. The van der Waals surface area contributed by atoms with E-state index in [4.69, 9.17) is 0 Å². The van der Waals surface area contributed by atoms with Gasteiger partial charge in [0.2, 0.25) is 0 Å². The topological polar surface area (TPSA) is 20.2 Å². The minimum absolute atomic E-state index is 0.0493. The summed E-state index contributed by atoms with van der Waals surface area (Å²) in [6.07, 6.45) is 8.16. The number of aliphatic hydroxyl groups excluding tert-OH is 1. The third kappa shape index (κ3) is 8.29. The van der Waals surface area contributed by atoms with Crippen LogP contribution in [-0.4, -0.2) is 11.2 Å². The lowest BCUT2D eigenvalue weighted by Gasteiger charge is -2.15. The highest BCUT2D eigenvalue weighted by molar-refractivity contribution is 4.61. The van der Waals surface area contributed by atoms with E-state index in [0.717, 1.165) is 12.8 Å². The Balaban J connectivity index is 3.35. The van der Waals surface area contributed by atoms with Crippen LogP contribution in [0.25, 0.3) is 0 Å². The summed E-state index contributed by atoms with van der Waals surface area (Å²) in [5.74, 6) is 0.701. The van der Waals surface area contributed by atoms with Crippen LogP contribution in [0.15, 0.2) is 0 Å². The second kappa shape index (κ2) is 8.55. The molecule has 1 N–H and O–H groups in total. The van der Waals surface area contributed by atoms with Gasteiger partial charge in [0, 0.05) is 0 Å². The summed E-state index contributed by atoms with van der Waals surface area (Å²) < 4.78 is 0. The fraction of sp³-hybridized carbons (Fsp3) is 1.00. The average Bonchev–Trinajstić information content (AvgIpc) is 2.11. The van der Waals surface area contributed by atoms with Gasteiger partial charge >= 0.3 is 0 Å². The van der Waals surface area contributed by atoms with Gasteiger partial charge in [-0.25, -0.2) is 0 Å². The molecular weight excluding hydrogens is 160 g/mol. The molecule has 0 bridgehead atoms. The summed E-state index contributed by atoms with van der Waals surface area (Å²) in [5.41, 5.74) is 0. The molecule has 1 heteroatoms. The molecule has 0 saturated carbocycles. The maximum atomic E-state index is 9.65. The van der Waals surface area contributed by atoms with Crippen molar-refractivity contribution < 1.29 is 5.11 Å². The summed E-state index contributed by atoms with van der Waals surface area (Å²) in [6.45, 7) is 6.65. The highest BCUT2D eigenvalue weighted by Gasteiger charge is 2.08. The smallest absolute Gasteiger partial charge is 0.0542 e. The minimum atomic E-state index is -0.0493. The zero-order valence-electron chi connectivity index (χ0n) is 9.55. The maximum absolute atomic E-state index is 9.65. The molecule has 0 aliphatic rings. The lowest BCUT2D eigenvalue weighted by atomic mass is 9.95. The fourth-order valence-corrected chi connectivity index (χ4v) is 1.69. The number of unbranched alkanes of at least 4 members (excludes halogenated alkanes) is 2. The Morgan fingerprint density at radius 2 is 1.54 bits per heavy atom. The van der Waals surface area contributed by atoms with Gasteiger partial charge in [-0.05, 0) is 18.8 Å². The van der Waals surface area contributed by atoms with Gasteiger partial charge in [0.05, 0.1) is 6.10 Å². The van der Waals surface area contributed by atoms with E-state index >= 15 is 0 Å². The Bertz CT molecular complexity index is 89.3. The molecule has 0 aromatic rings. The van der Waals surface area contributed by atoms with Crippen LogP contribution in [-0.2, 0) is 0 Å². The monoisotopic (exact) mass is 186 g/mol. The van der Waals surface area contributed by atoms with Crippen molar-refractivity contribution >= 4 is 0 Å². The fourth-order valence-electron chi connectivity index (χ4n) is 1.69. The number of rotatable bonds is 8. The quantitative estimate of drug-likeness (QED) is 0.612. The molecule has 0 aromatic heterocycles. The summed E-state index contributed by atoms with van der Waals surface area (Å²) in [4.78, 5) is 0. The van der Waals surface area contributed by atoms with Crippen molar-refractivity contribution in [3.8, 4) is 0 Å². The van der Waals surface area contributed by atoms with Crippen LogP contribution >= 0.6 is 0 Å². The van der Waals surface area contributed by atoms with Crippen LogP contribution in [0, 0.1) is 5.92 Å². The molecule has 0 saturated heterocycles. The molecule has 1 nitrogen and oxygen atoms in total. The molecule has 0 radical (unpaired) electrons. The van der Waals surface area contributed by atoms with Gasteiger partial charge in [0.15, 0.2) is 0 Å². The van der Waals surface area contributed by atoms with Gasteiger partial charge in [-0.1, -0.05) is 52.9 Å². The first-order valence-corrected chi connectivity index (χ1v) is 5.88. The second-order valence-corrected chi connectivity index (χ2v) is 4.28. The van der Waals surface area contributed by atoms with E-state index in [1.54, 1.807) is 0 Å². The molecule has 80 valence electrons. The van der Waals surface area contributed by atoms with Crippen LogP contribution < -0.4 is 0 Å². The number of hydrogen-bond acceptors (Lipinski definition) is 1. The average molecular weight is 186 g/mol. The first-order chi connectivity index (χ1) is 6.20. The maximum Gasteiger partial charge on any atom is 0.0542 e. The molecule has 0 rings (SSSR count). The van der Waals surface area contributed by atoms with Crippen molar-refractivity contribution in [3.63, 3.8) is 0 Å². The van der Waals surface area contributed by atoms with E-state index in [1.165, 1.54) is 32.1 Å². The van der Waals surface area contributed by atoms with Crippen LogP contribution in [0.5, 0.6) is 0 Å². The molecule has 2 atom stereocenters. The number of aliphatic hydroxyl groups is 1. The molecule has 0 aromatic carbocycles.